The van der Waals surface area contributed by atoms with Gasteiger partial charge >= 0.3 is 12.9 Å². The van der Waals surface area contributed by atoms with Crippen LogP contribution < -0.4 is 15.7 Å². The largest absolute Gasteiger partial charge is 0.490 e. The smallest absolute Gasteiger partial charge is 0.421 e. The van der Waals surface area contributed by atoms with Gasteiger partial charge < -0.3 is 14.4 Å². The third kappa shape index (κ3) is 6.78. The average molecular weight is 529 g/mol. The second-order valence-corrected chi connectivity index (χ2v) is 9.33. The van der Waals surface area contributed by atoms with Crippen molar-refractivity contribution in [3.05, 3.63) is 81.6 Å². The molecule has 2 aromatic carbocycles. The fourth-order valence-electron chi connectivity index (χ4n) is 3.75. The molecule has 1 saturated heterocycles. The summed E-state index contributed by atoms with van der Waals surface area (Å²) in [6.45, 7) is 7.31. The number of ether oxygens (including phenoxy) is 2. The quantitative estimate of drug-likeness (QED) is 0.239. The second-order valence-electron chi connectivity index (χ2n) is 8.52. The number of aromatic nitrogens is 1. The predicted octanol–water partition coefficient (Wildman–Crippen LogP) is 3.61. The molecule has 1 aliphatic rings. The number of carbonyl (C=O) groups is 1. The van der Waals surface area contributed by atoms with Crippen LogP contribution >= 0.6 is 23.2 Å². The summed E-state index contributed by atoms with van der Waals surface area (Å²) < 4.78 is 11.2. The van der Waals surface area contributed by atoms with Crippen molar-refractivity contribution in [1.29, 1.82) is 0 Å². The maximum atomic E-state index is 13.0. The zero-order chi connectivity index (χ0) is 25.5. The SMILES string of the molecule is Cc1ccc(B(OOC(=O)c2ncccc2OCCN2CCOCC2)c2ccc(C)c(Cl)c2)cc1Cl. The molecular formula is C26H27BCl2N2O5. The van der Waals surface area contributed by atoms with Crippen LogP contribution in [0.25, 0.3) is 0 Å². The Kier molecular flexibility index (Phi) is 9.23. The van der Waals surface area contributed by atoms with E-state index in [0.29, 0.717) is 53.1 Å². The normalized spacial score (nSPS) is 13.9. The number of halogens is 2. The molecule has 0 spiro atoms. The molecule has 188 valence electrons. The van der Waals surface area contributed by atoms with Crippen LogP contribution in [0.4, 0.5) is 0 Å². The third-order valence-electron chi connectivity index (χ3n) is 5.95. The summed E-state index contributed by atoms with van der Waals surface area (Å²) >= 11 is 12.7. The Morgan fingerprint density at radius 1 is 1.03 bits per heavy atom. The van der Waals surface area contributed by atoms with Crippen LogP contribution in [0.5, 0.6) is 5.75 Å². The second kappa shape index (κ2) is 12.6. The highest BCUT2D eigenvalue weighted by atomic mass is 35.5. The Labute approximate surface area is 221 Å². The molecule has 36 heavy (non-hydrogen) atoms. The van der Waals surface area contributed by atoms with Crippen molar-refractivity contribution in [2.45, 2.75) is 13.8 Å². The first-order valence-corrected chi connectivity index (χ1v) is 12.5. The average Bonchev–Trinajstić information content (AvgIpc) is 2.89. The molecule has 4 rings (SSSR count). The van der Waals surface area contributed by atoms with E-state index in [1.807, 2.05) is 38.1 Å². The molecular weight excluding hydrogens is 502 g/mol. The number of morpholine rings is 1. The van der Waals surface area contributed by atoms with Gasteiger partial charge in [0.25, 0.3) is 0 Å². The Morgan fingerprint density at radius 2 is 1.67 bits per heavy atom. The Morgan fingerprint density at radius 3 is 2.28 bits per heavy atom. The summed E-state index contributed by atoms with van der Waals surface area (Å²) in [6, 6.07) is 14.4. The summed E-state index contributed by atoms with van der Waals surface area (Å²) in [5.74, 6) is -0.439. The molecule has 0 saturated carbocycles. The van der Waals surface area contributed by atoms with Crippen molar-refractivity contribution in [2.24, 2.45) is 0 Å². The van der Waals surface area contributed by atoms with Crippen LogP contribution in [0.1, 0.15) is 21.6 Å². The zero-order valence-corrected chi connectivity index (χ0v) is 21.7. The van der Waals surface area contributed by atoms with E-state index in [0.717, 1.165) is 24.2 Å². The molecule has 2 heterocycles. The highest BCUT2D eigenvalue weighted by Gasteiger charge is 2.28. The molecule has 0 atom stereocenters. The van der Waals surface area contributed by atoms with E-state index >= 15 is 0 Å². The van der Waals surface area contributed by atoms with Gasteiger partial charge in [-0.3, -0.25) is 4.90 Å². The molecule has 0 radical (unpaired) electrons. The van der Waals surface area contributed by atoms with Gasteiger partial charge in [0, 0.05) is 35.9 Å². The van der Waals surface area contributed by atoms with E-state index in [1.165, 1.54) is 6.20 Å². The Hall–Kier alpha value is -2.62. The molecule has 1 aliphatic heterocycles. The fourth-order valence-corrected chi connectivity index (χ4v) is 4.13. The zero-order valence-electron chi connectivity index (χ0n) is 20.2. The van der Waals surface area contributed by atoms with Crippen molar-refractivity contribution in [1.82, 2.24) is 9.88 Å². The molecule has 0 amide bonds. The predicted molar refractivity (Wildman–Crippen MR) is 141 cm³/mol. The maximum Gasteiger partial charge on any atom is 0.421 e. The third-order valence-corrected chi connectivity index (χ3v) is 6.76. The summed E-state index contributed by atoms with van der Waals surface area (Å²) in [4.78, 5) is 30.3. The van der Waals surface area contributed by atoms with Gasteiger partial charge in [0.1, 0.15) is 6.61 Å². The van der Waals surface area contributed by atoms with Crippen LogP contribution in [0.2, 0.25) is 10.0 Å². The molecule has 3 aromatic rings. The minimum absolute atomic E-state index is 0.0297. The van der Waals surface area contributed by atoms with Gasteiger partial charge in [0.2, 0.25) is 0 Å². The van der Waals surface area contributed by atoms with Crippen molar-refractivity contribution in [2.75, 3.05) is 39.5 Å². The molecule has 1 aromatic heterocycles. The van der Waals surface area contributed by atoms with Crippen LogP contribution in [0, 0.1) is 13.8 Å². The number of rotatable bonds is 9. The molecule has 10 heteroatoms. The lowest BCUT2D eigenvalue weighted by atomic mass is 9.55. The summed E-state index contributed by atoms with van der Waals surface area (Å²) in [5, 5.41) is 1.15. The maximum absolute atomic E-state index is 13.0. The highest BCUT2D eigenvalue weighted by Crippen LogP contribution is 2.18. The first-order chi connectivity index (χ1) is 17.4. The topological polar surface area (TPSA) is 70.1 Å². The van der Waals surface area contributed by atoms with Gasteiger partial charge in [-0.2, -0.15) is 0 Å². The number of benzene rings is 2. The van der Waals surface area contributed by atoms with E-state index in [4.69, 9.17) is 42.4 Å². The van der Waals surface area contributed by atoms with Gasteiger partial charge in [-0.1, -0.05) is 47.5 Å². The Balaban J connectivity index is 1.48. The van der Waals surface area contributed by atoms with E-state index in [1.54, 1.807) is 24.3 Å². The number of carbonyl (C=O) groups excluding carboxylic acids is 1. The Bertz CT molecular complexity index is 1160. The van der Waals surface area contributed by atoms with Crippen LogP contribution in [0.15, 0.2) is 54.7 Å². The lowest BCUT2D eigenvalue weighted by Crippen LogP contribution is -2.45. The standard InChI is InChI=1S/C26H27BCl2N2O5/c1-18-5-7-20(16-22(18)28)27(21-8-6-19(2)23(29)17-21)36-35-26(32)25-24(4-3-9-30-25)34-15-12-31-10-13-33-14-11-31/h3-9,16-17H,10-15H2,1-2H3. The van der Waals surface area contributed by atoms with Gasteiger partial charge in [-0.25, -0.2) is 14.6 Å². The molecule has 0 N–H and O–H groups in total. The molecule has 0 bridgehead atoms. The number of aryl methyl sites for hydroxylation is 2. The lowest BCUT2D eigenvalue weighted by molar-refractivity contribution is -0.152. The molecule has 0 unspecified atom stereocenters. The van der Waals surface area contributed by atoms with E-state index in [2.05, 4.69) is 9.88 Å². The van der Waals surface area contributed by atoms with Crippen molar-refractivity contribution >= 4 is 47.0 Å². The number of nitrogens with zero attached hydrogens (tertiary/aromatic N) is 2. The first kappa shape index (κ1) is 26.4. The number of hydrogen-bond donors (Lipinski definition) is 0. The number of hydrogen-bond acceptors (Lipinski definition) is 7. The monoisotopic (exact) mass is 528 g/mol. The summed E-state index contributed by atoms with van der Waals surface area (Å²) in [6.07, 6.45) is 1.50. The summed E-state index contributed by atoms with van der Waals surface area (Å²) in [7, 11) is 0. The van der Waals surface area contributed by atoms with Gasteiger partial charge in [-0.15, -0.1) is 0 Å². The van der Waals surface area contributed by atoms with Gasteiger partial charge in [0.05, 0.1) is 13.2 Å². The highest BCUT2D eigenvalue weighted by molar-refractivity contribution is 6.80. The van der Waals surface area contributed by atoms with E-state index in [-0.39, 0.29) is 5.69 Å². The van der Waals surface area contributed by atoms with Crippen molar-refractivity contribution in [3.63, 3.8) is 0 Å². The van der Waals surface area contributed by atoms with Crippen LogP contribution in [0.3, 0.4) is 0 Å². The molecule has 1 fully saturated rings. The van der Waals surface area contributed by atoms with E-state index in [9.17, 15) is 4.79 Å². The fraction of sp³-hybridized carbons (Fsp3) is 0.308. The minimum atomic E-state index is -0.765. The molecule has 0 aliphatic carbocycles. The number of pyridine rings is 1. The summed E-state index contributed by atoms with van der Waals surface area (Å²) in [5.41, 5.74) is 3.29. The lowest BCUT2D eigenvalue weighted by Gasteiger charge is -2.26. The first-order valence-electron chi connectivity index (χ1n) is 11.7. The minimum Gasteiger partial charge on any atom is -0.490 e. The van der Waals surface area contributed by atoms with E-state index < -0.39 is 12.9 Å². The van der Waals surface area contributed by atoms with Crippen LogP contribution in [-0.4, -0.2) is 62.2 Å². The van der Waals surface area contributed by atoms with Crippen molar-refractivity contribution < 1.29 is 24.0 Å². The van der Waals surface area contributed by atoms with Crippen LogP contribution in [-0.2, 0) is 14.4 Å². The van der Waals surface area contributed by atoms with Crippen molar-refractivity contribution in [3.8, 4) is 5.75 Å². The van der Waals surface area contributed by atoms with Gasteiger partial charge in [0.15, 0.2) is 11.4 Å². The van der Waals surface area contributed by atoms with Gasteiger partial charge in [-0.05, 0) is 60.2 Å². The molecule has 7 nitrogen and oxygen atoms in total.